The molecule has 2 nitrogen and oxygen atoms in total. The largest absolute Gasteiger partial charge is 0.313 e. The van der Waals surface area contributed by atoms with E-state index in [1.54, 1.807) is 4.88 Å². The molecule has 18 heavy (non-hydrogen) atoms. The number of hydrogen-bond donors (Lipinski definition) is 1. The molecule has 2 heterocycles. The highest BCUT2D eigenvalue weighted by Crippen LogP contribution is 2.30. The van der Waals surface area contributed by atoms with Crippen LogP contribution < -0.4 is 5.32 Å². The third-order valence-electron chi connectivity index (χ3n) is 3.84. The highest BCUT2D eigenvalue weighted by Gasteiger charge is 2.29. The molecule has 1 aromatic rings. The Balaban J connectivity index is 2.02. The topological polar surface area (TPSA) is 15.3 Å². The van der Waals surface area contributed by atoms with Crippen LogP contribution >= 0.6 is 11.3 Å². The lowest BCUT2D eigenvalue weighted by Crippen LogP contribution is -2.50. The van der Waals surface area contributed by atoms with Crippen molar-refractivity contribution in [3.8, 4) is 0 Å². The minimum absolute atomic E-state index is 0.652. The molecule has 2 unspecified atom stereocenters. The average Bonchev–Trinajstić information content (AvgIpc) is 2.89. The Bertz CT molecular complexity index is 334. The van der Waals surface area contributed by atoms with E-state index in [-0.39, 0.29) is 0 Å². The normalized spacial score (nSPS) is 25.8. The zero-order valence-electron chi connectivity index (χ0n) is 11.9. The standard InChI is InChI=1S/C15H26N2S/c1-4-7-16-14-9-13(15-6-5-8-18-15)10-17(11-14)12(2)3/h5-6,8,12-14,16H,4,7,9-11H2,1-3H3. The summed E-state index contributed by atoms with van der Waals surface area (Å²) in [7, 11) is 0. The summed E-state index contributed by atoms with van der Waals surface area (Å²) in [5, 5.41) is 5.92. The molecule has 1 aliphatic rings. The van der Waals surface area contributed by atoms with Crippen LogP contribution in [0.25, 0.3) is 0 Å². The third-order valence-corrected chi connectivity index (χ3v) is 4.87. The van der Waals surface area contributed by atoms with E-state index in [1.807, 2.05) is 11.3 Å². The molecule has 2 rings (SSSR count). The molecule has 0 amide bonds. The second kappa shape index (κ2) is 6.69. The first-order chi connectivity index (χ1) is 8.70. The van der Waals surface area contributed by atoms with Gasteiger partial charge in [0, 0.05) is 36.0 Å². The summed E-state index contributed by atoms with van der Waals surface area (Å²) >= 11 is 1.91. The fourth-order valence-electron chi connectivity index (χ4n) is 2.78. The first-order valence-corrected chi connectivity index (χ1v) is 8.09. The maximum absolute atomic E-state index is 3.71. The Morgan fingerprint density at radius 2 is 2.28 bits per heavy atom. The molecule has 1 fully saturated rings. The summed E-state index contributed by atoms with van der Waals surface area (Å²) in [4.78, 5) is 4.19. The number of likely N-dealkylation sites (tertiary alicyclic amines) is 1. The number of rotatable bonds is 5. The van der Waals surface area contributed by atoms with Gasteiger partial charge in [0.05, 0.1) is 0 Å². The highest BCUT2D eigenvalue weighted by atomic mass is 32.1. The van der Waals surface area contributed by atoms with Crippen molar-refractivity contribution in [3.63, 3.8) is 0 Å². The molecule has 2 atom stereocenters. The summed E-state index contributed by atoms with van der Waals surface area (Å²) in [6.07, 6.45) is 2.52. The molecule has 1 aliphatic heterocycles. The SMILES string of the molecule is CCCNC1CC(c2cccs2)CN(C(C)C)C1. The molecular formula is C15H26N2S. The highest BCUT2D eigenvalue weighted by molar-refractivity contribution is 7.10. The Kier molecular flexibility index (Phi) is 5.22. The minimum Gasteiger partial charge on any atom is -0.313 e. The Hall–Kier alpha value is -0.380. The zero-order valence-corrected chi connectivity index (χ0v) is 12.7. The van der Waals surface area contributed by atoms with Crippen LogP contribution in [0.15, 0.2) is 17.5 Å². The van der Waals surface area contributed by atoms with E-state index in [0.29, 0.717) is 12.1 Å². The van der Waals surface area contributed by atoms with E-state index < -0.39 is 0 Å². The summed E-state index contributed by atoms with van der Waals surface area (Å²) in [5.74, 6) is 0.718. The minimum atomic E-state index is 0.652. The van der Waals surface area contributed by atoms with Crippen molar-refractivity contribution in [2.75, 3.05) is 19.6 Å². The maximum atomic E-state index is 3.71. The van der Waals surface area contributed by atoms with Crippen LogP contribution in [0.4, 0.5) is 0 Å². The van der Waals surface area contributed by atoms with Gasteiger partial charge in [0.2, 0.25) is 0 Å². The summed E-state index contributed by atoms with van der Waals surface area (Å²) in [6.45, 7) is 10.4. The van der Waals surface area contributed by atoms with Crippen molar-refractivity contribution in [2.24, 2.45) is 0 Å². The van der Waals surface area contributed by atoms with Gasteiger partial charge in [-0.1, -0.05) is 13.0 Å². The maximum Gasteiger partial charge on any atom is 0.0201 e. The van der Waals surface area contributed by atoms with Gasteiger partial charge in [-0.25, -0.2) is 0 Å². The molecular weight excluding hydrogens is 240 g/mol. The molecule has 1 N–H and O–H groups in total. The monoisotopic (exact) mass is 266 g/mol. The summed E-state index contributed by atoms with van der Waals surface area (Å²) in [5.41, 5.74) is 0. The van der Waals surface area contributed by atoms with Crippen molar-refractivity contribution in [1.82, 2.24) is 10.2 Å². The molecule has 0 radical (unpaired) electrons. The van der Waals surface area contributed by atoms with Crippen LogP contribution in [0.3, 0.4) is 0 Å². The number of piperidine rings is 1. The van der Waals surface area contributed by atoms with E-state index in [1.165, 1.54) is 25.9 Å². The molecule has 1 aromatic heterocycles. The first kappa shape index (κ1) is 14.0. The Morgan fingerprint density at radius 1 is 1.44 bits per heavy atom. The zero-order chi connectivity index (χ0) is 13.0. The molecule has 102 valence electrons. The van der Waals surface area contributed by atoms with Crippen molar-refractivity contribution in [1.29, 1.82) is 0 Å². The Morgan fingerprint density at radius 3 is 2.89 bits per heavy atom. The quantitative estimate of drug-likeness (QED) is 0.879. The molecule has 0 aliphatic carbocycles. The van der Waals surface area contributed by atoms with Crippen molar-refractivity contribution in [2.45, 2.75) is 51.6 Å². The van der Waals surface area contributed by atoms with Gasteiger partial charge in [0.25, 0.3) is 0 Å². The smallest absolute Gasteiger partial charge is 0.0201 e. The Labute approximate surface area is 115 Å². The second-order valence-corrected chi connectivity index (χ2v) is 6.63. The number of hydrogen-bond acceptors (Lipinski definition) is 3. The van der Waals surface area contributed by atoms with Crippen LogP contribution in [-0.2, 0) is 0 Å². The predicted octanol–water partition coefficient (Wildman–Crippen LogP) is 3.31. The summed E-state index contributed by atoms with van der Waals surface area (Å²) < 4.78 is 0. The number of thiophene rings is 1. The number of nitrogens with zero attached hydrogens (tertiary/aromatic N) is 1. The van der Waals surface area contributed by atoms with Gasteiger partial charge in [-0.15, -0.1) is 11.3 Å². The third kappa shape index (κ3) is 3.56. The van der Waals surface area contributed by atoms with Gasteiger partial charge in [-0.2, -0.15) is 0 Å². The van der Waals surface area contributed by atoms with E-state index in [4.69, 9.17) is 0 Å². The van der Waals surface area contributed by atoms with Gasteiger partial charge in [-0.3, -0.25) is 4.90 Å². The van der Waals surface area contributed by atoms with Gasteiger partial charge in [0.15, 0.2) is 0 Å². The van der Waals surface area contributed by atoms with Crippen LogP contribution in [0, 0.1) is 0 Å². The van der Waals surface area contributed by atoms with E-state index in [2.05, 4.69) is 48.5 Å². The number of nitrogens with one attached hydrogen (secondary N) is 1. The molecule has 0 spiro atoms. The van der Waals surface area contributed by atoms with Gasteiger partial charge in [-0.05, 0) is 44.7 Å². The van der Waals surface area contributed by atoms with Crippen LogP contribution in [0.2, 0.25) is 0 Å². The van der Waals surface area contributed by atoms with Crippen molar-refractivity contribution >= 4 is 11.3 Å². The molecule has 0 saturated carbocycles. The van der Waals surface area contributed by atoms with Gasteiger partial charge < -0.3 is 5.32 Å². The van der Waals surface area contributed by atoms with Crippen LogP contribution in [0.5, 0.6) is 0 Å². The fraction of sp³-hybridized carbons (Fsp3) is 0.733. The summed E-state index contributed by atoms with van der Waals surface area (Å²) in [6, 6.07) is 5.80. The lowest BCUT2D eigenvalue weighted by Gasteiger charge is -2.40. The van der Waals surface area contributed by atoms with Crippen molar-refractivity contribution < 1.29 is 0 Å². The molecule has 1 saturated heterocycles. The lowest BCUT2D eigenvalue weighted by atomic mass is 9.92. The van der Waals surface area contributed by atoms with E-state index >= 15 is 0 Å². The lowest BCUT2D eigenvalue weighted by molar-refractivity contribution is 0.139. The second-order valence-electron chi connectivity index (χ2n) is 5.65. The van der Waals surface area contributed by atoms with Gasteiger partial charge >= 0.3 is 0 Å². The van der Waals surface area contributed by atoms with Crippen molar-refractivity contribution in [3.05, 3.63) is 22.4 Å². The fourth-order valence-corrected chi connectivity index (χ4v) is 3.62. The first-order valence-electron chi connectivity index (χ1n) is 7.21. The molecule has 3 heteroatoms. The van der Waals surface area contributed by atoms with E-state index in [0.717, 1.165) is 12.5 Å². The van der Waals surface area contributed by atoms with Crippen LogP contribution in [-0.4, -0.2) is 36.6 Å². The van der Waals surface area contributed by atoms with E-state index in [9.17, 15) is 0 Å². The average molecular weight is 266 g/mol. The van der Waals surface area contributed by atoms with Gasteiger partial charge in [0.1, 0.15) is 0 Å². The predicted molar refractivity (Wildman–Crippen MR) is 80.5 cm³/mol. The molecule has 0 bridgehead atoms. The van der Waals surface area contributed by atoms with Crippen LogP contribution in [0.1, 0.15) is 44.4 Å². The molecule has 0 aromatic carbocycles.